The second-order valence-electron chi connectivity index (χ2n) is 6.73. The molecule has 2 aromatic carbocycles. The van der Waals surface area contributed by atoms with Crippen molar-refractivity contribution in [3.8, 4) is 0 Å². The lowest BCUT2D eigenvalue weighted by molar-refractivity contribution is -0.0419. The highest BCUT2D eigenvalue weighted by Crippen LogP contribution is 2.29. The van der Waals surface area contributed by atoms with Crippen LogP contribution in [0.1, 0.15) is 19.4 Å². The van der Waals surface area contributed by atoms with Gasteiger partial charge < -0.3 is 9.84 Å². The summed E-state index contributed by atoms with van der Waals surface area (Å²) in [6.07, 6.45) is -0.567. The Hall–Kier alpha value is -2.38. The maximum absolute atomic E-state index is 12.6. The number of hydrogen-bond donors (Lipinski definition) is 1. The van der Waals surface area contributed by atoms with Crippen molar-refractivity contribution in [1.29, 1.82) is 0 Å². The third kappa shape index (κ3) is 3.45. The van der Waals surface area contributed by atoms with Crippen LogP contribution in [0.25, 0.3) is 0 Å². The minimum absolute atomic E-state index is 0.213. The third-order valence-corrected chi connectivity index (χ3v) is 6.32. The third-order valence-electron chi connectivity index (χ3n) is 4.54. The highest BCUT2D eigenvalue weighted by Gasteiger charge is 2.43. The van der Waals surface area contributed by atoms with E-state index in [9.17, 15) is 18.3 Å². The summed E-state index contributed by atoms with van der Waals surface area (Å²) in [5.41, 5.74) is -0.0119. The molecule has 0 spiro atoms. The second-order valence-corrected chi connectivity index (χ2v) is 8.68. The summed E-state index contributed by atoms with van der Waals surface area (Å²) in [7, 11) is -3.55. The minimum Gasteiger partial charge on any atom is -0.465 e. The van der Waals surface area contributed by atoms with Gasteiger partial charge in [0, 0.05) is 0 Å². The molecule has 1 aliphatic heterocycles. The molecule has 1 atom stereocenters. The van der Waals surface area contributed by atoms with E-state index >= 15 is 0 Å². The average Bonchev–Trinajstić information content (AvgIpc) is 2.90. The fourth-order valence-corrected chi connectivity index (χ4v) is 4.52. The first-order chi connectivity index (χ1) is 12.2. The van der Waals surface area contributed by atoms with Crippen molar-refractivity contribution in [1.82, 2.24) is 4.90 Å². The molecule has 1 amide bonds. The van der Waals surface area contributed by atoms with E-state index in [0.717, 1.165) is 5.56 Å². The molecule has 3 rings (SSSR count). The van der Waals surface area contributed by atoms with Gasteiger partial charge in [-0.1, -0.05) is 30.3 Å². The molecule has 0 saturated carbocycles. The Labute approximate surface area is 152 Å². The Bertz CT molecular complexity index is 891. The zero-order chi connectivity index (χ0) is 18.9. The fraction of sp³-hybridized carbons (Fsp3) is 0.316. The van der Waals surface area contributed by atoms with Gasteiger partial charge in [0.2, 0.25) is 9.84 Å². The molecule has 0 bridgehead atoms. The van der Waals surface area contributed by atoms with Gasteiger partial charge in [0.05, 0.1) is 22.4 Å². The fourth-order valence-electron chi connectivity index (χ4n) is 3.23. The van der Waals surface area contributed by atoms with Crippen LogP contribution >= 0.6 is 0 Å². The monoisotopic (exact) mass is 375 g/mol. The number of amides is 1. The normalized spacial score (nSPS) is 19.5. The number of rotatable bonds is 4. The largest absolute Gasteiger partial charge is 0.465 e. The van der Waals surface area contributed by atoms with Gasteiger partial charge in [-0.3, -0.25) is 4.90 Å². The summed E-state index contributed by atoms with van der Waals surface area (Å²) in [5, 5.41) is 9.44. The molecule has 138 valence electrons. The zero-order valence-corrected chi connectivity index (χ0v) is 15.4. The topological polar surface area (TPSA) is 83.9 Å². The summed E-state index contributed by atoms with van der Waals surface area (Å²) in [4.78, 5) is 13.3. The Kier molecular flexibility index (Phi) is 4.77. The quantitative estimate of drug-likeness (QED) is 0.887. The zero-order valence-electron chi connectivity index (χ0n) is 14.6. The number of hydrogen-bond acceptors (Lipinski definition) is 4. The van der Waals surface area contributed by atoms with E-state index in [1.807, 2.05) is 0 Å². The lowest BCUT2D eigenvalue weighted by Crippen LogP contribution is -2.47. The molecule has 6 nitrogen and oxygen atoms in total. The highest BCUT2D eigenvalue weighted by molar-refractivity contribution is 7.91. The molecule has 2 aromatic rings. The van der Waals surface area contributed by atoms with Crippen LogP contribution in [-0.2, 0) is 21.0 Å². The Morgan fingerprint density at radius 3 is 2.27 bits per heavy atom. The Balaban J connectivity index is 1.80. The van der Waals surface area contributed by atoms with E-state index in [1.54, 1.807) is 68.4 Å². The van der Waals surface area contributed by atoms with Crippen LogP contribution in [0, 0.1) is 0 Å². The maximum Gasteiger partial charge on any atom is 0.409 e. The minimum atomic E-state index is -3.55. The number of carbonyl (C=O) groups is 1. The molecular weight excluding hydrogens is 354 g/mol. The van der Waals surface area contributed by atoms with E-state index in [4.69, 9.17) is 4.74 Å². The SMILES string of the molecule is CC1(C)OCC(Cc2ccc(S(=O)(=O)c3ccccc3)cc2)N1C(=O)O. The lowest BCUT2D eigenvalue weighted by Gasteiger charge is -2.31. The van der Waals surface area contributed by atoms with Gasteiger partial charge in [-0.2, -0.15) is 0 Å². The first kappa shape index (κ1) is 18.4. The smallest absolute Gasteiger partial charge is 0.409 e. The molecule has 1 N–H and O–H groups in total. The van der Waals surface area contributed by atoms with Crippen molar-refractivity contribution < 1.29 is 23.1 Å². The molecule has 0 radical (unpaired) electrons. The number of nitrogens with zero attached hydrogens (tertiary/aromatic N) is 1. The summed E-state index contributed by atoms with van der Waals surface area (Å²) >= 11 is 0. The van der Waals surface area contributed by atoms with Crippen LogP contribution in [0.3, 0.4) is 0 Å². The summed E-state index contributed by atoms with van der Waals surface area (Å²) in [5.74, 6) is 0. The van der Waals surface area contributed by atoms with Gasteiger partial charge in [0.15, 0.2) is 0 Å². The molecule has 1 aliphatic rings. The van der Waals surface area contributed by atoms with Crippen LogP contribution in [-0.4, -0.2) is 42.9 Å². The number of sulfone groups is 1. The molecule has 26 heavy (non-hydrogen) atoms. The summed E-state index contributed by atoms with van der Waals surface area (Å²) in [6, 6.07) is 14.5. The van der Waals surface area contributed by atoms with Gasteiger partial charge in [-0.25, -0.2) is 13.2 Å². The molecule has 1 unspecified atom stereocenters. The molecule has 0 aromatic heterocycles. The molecule has 1 heterocycles. The first-order valence-electron chi connectivity index (χ1n) is 8.27. The van der Waals surface area contributed by atoms with Crippen LogP contribution in [0.15, 0.2) is 64.4 Å². The van der Waals surface area contributed by atoms with Gasteiger partial charge in [-0.05, 0) is 50.1 Å². The van der Waals surface area contributed by atoms with Gasteiger partial charge in [0.1, 0.15) is 5.72 Å². The Morgan fingerprint density at radius 2 is 1.69 bits per heavy atom. The number of ether oxygens (including phenoxy) is 1. The van der Waals surface area contributed by atoms with Crippen molar-refractivity contribution in [2.24, 2.45) is 0 Å². The summed E-state index contributed by atoms with van der Waals surface area (Å²) < 4.78 is 30.8. The van der Waals surface area contributed by atoms with E-state index in [0.29, 0.717) is 13.0 Å². The van der Waals surface area contributed by atoms with Crippen LogP contribution in [0.2, 0.25) is 0 Å². The molecule has 1 saturated heterocycles. The maximum atomic E-state index is 12.6. The molecule has 0 aliphatic carbocycles. The molecule has 1 fully saturated rings. The van der Waals surface area contributed by atoms with E-state index in [2.05, 4.69) is 0 Å². The van der Waals surface area contributed by atoms with Crippen molar-refractivity contribution in [2.45, 2.75) is 41.8 Å². The van der Waals surface area contributed by atoms with Gasteiger partial charge >= 0.3 is 6.09 Å². The average molecular weight is 375 g/mol. The predicted molar refractivity (Wildman–Crippen MR) is 95.7 cm³/mol. The molecular formula is C19H21NO5S. The van der Waals surface area contributed by atoms with Crippen LogP contribution in [0.5, 0.6) is 0 Å². The molecule has 7 heteroatoms. The standard InChI is InChI=1S/C19H21NO5S/c1-19(2)20(18(21)22)15(13-25-19)12-14-8-10-17(11-9-14)26(23,24)16-6-4-3-5-7-16/h3-11,15H,12-13H2,1-2H3,(H,21,22). The van der Waals surface area contributed by atoms with Gasteiger partial charge in [-0.15, -0.1) is 0 Å². The highest BCUT2D eigenvalue weighted by atomic mass is 32.2. The Morgan fingerprint density at radius 1 is 1.12 bits per heavy atom. The predicted octanol–water partition coefficient (Wildman–Crippen LogP) is 3.18. The van der Waals surface area contributed by atoms with Crippen molar-refractivity contribution in [2.75, 3.05) is 6.61 Å². The lowest BCUT2D eigenvalue weighted by atomic mass is 10.1. The van der Waals surface area contributed by atoms with E-state index < -0.39 is 21.7 Å². The van der Waals surface area contributed by atoms with Crippen molar-refractivity contribution in [3.05, 3.63) is 60.2 Å². The first-order valence-corrected chi connectivity index (χ1v) is 9.75. The number of benzene rings is 2. The van der Waals surface area contributed by atoms with Crippen molar-refractivity contribution >= 4 is 15.9 Å². The van der Waals surface area contributed by atoms with E-state index in [-0.39, 0.29) is 15.8 Å². The second kappa shape index (κ2) is 6.74. The number of carboxylic acid groups (broad SMARTS) is 1. The van der Waals surface area contributed by atoms with Gasteiger partial charge in [0.25, 0.3) is 0 Å². The van der Waals surface area contributed by atoms with Crippen molar-refractivity contribution in [3.63, 3.8) is 0 Å². The van der Waals surface area contributed by atoms with Crippen LogP contribution in [0.4, 0.5) is 4.79 Å². The van der Waals surface area contributed by atoms with E-state index in [1.165, 1.54) is 4.90 Å². The van der Waals surface area contributed by atoms with Crippen LogP contribution < -0.4 is 0 Å². The summed E-state index contributed by atoms with van der Waals surface area (Å²) in [6.45, 7) is 3.75.